The lowest BCUT2D eigenvalue weighted by atomic mass is 10.0. The largest absolute Gasteiger partial charge is 0.424 e. The number of rotatable bonds is 10. The summed E-state index contributed by atoms with van der Waals surface area (Å²) < 4.78 is 6.00. The molecule has 1 N–H and O–H groups in total. The molecule has 1 atom stereocenters. The van der Waals surface area contributed by atoms with E-state index in [0.29, 0.717) is 0 Å². The fourth-order valence-corrected chi connectivity index (χ4v) is 5.15. The summed E-state index contributed by atoms with van der Waals surface area (Å²) in [6, 6.07) is 0.114. The summed E-state index contributed by atoms with van der Waals surface area (Å²) in [7, 11) is 0. The van der Waals surface area contributed by atoms with E-state index < -0.39 is 0 Å². The van der Waals surface area contributed by atoms with E-state index in [9.17, 15) is 0 Å². The first-order chi connectivity index (χ1) is 11.3. The molecule has 1 aromatic heterocycles. The van der Waals surface area contributed by atoms with Crippen molar-refractivity contribution in [1.29, 1.82) is 0 Å². The molecule has 2 heterocycles. The van der Waals surface area contributed by atoms with Crippen molar-refractivity contribution in [2.45, 2.75) is 94.7 Å². The molecule has 4 nitrogen and oxygen atoms in total. The smallest absolute Gasteiger partial charge is 0.234 e. The van der Waals surface area contributed by atoms with Gasteiger partial charge < -0.3 is 4.42 Å². The van der Waals surface area contributed by atoms with Gasteiger partial charge in [0.25, 0.3) is 0 Å². The van der Waals surface area contributed by atoms with E-state index in [-0.39, 0.29) is 15.7 Å². The zero-order valence-electron chi connectivity index (χ0n) is 15.7. The van der Waals surface area contributed by atoms with E-state index in [1.54, 1.807) is 0 Å². The minimum absolute atomic E-state index is 0.0361. The molecule has 1 aromatic rings. The normalized spacial score (nSPS) is 21.9. The summed E-state index contributed by atoms with van der Waals surface area (Å²) in [5, 5.41) is 12.2. The number of aryl methyl sites for hydroxylation is 1. The third-order valence-electron chi connectivity index (χ3n) is 4.48. The maximum absolute atomic E-state index is 5.95. The van der Waals surface area contributed by atoms with Gasteiger partial charge in [-0.05, 0) is 47.0 Å². The molecule has 0 bridgehead atoms. The van der Waals surface area contributed by atoms with Crippen LogP contribution >= 0.6 is 11.8 Å². The summed E-state index contributed by atoms with van der Waals surface area (Å²) in [4.78, 5) is 0.0361. The summed E-state index contributed by atoms with van der Waals surface area (Å²) in [6.45, 7) is 12.6. The quantitative estimate of drug-likeness (QED) is 0.450. The molecule has 0 saturated carbocycles. The Morgan fingerprint density at radius 1 is 1.08 bits per heavy atom. The number of nitrogens with zero attached hydrogens (tertiary/aromatic N) is 2. The monoisotopic (exact) mass is 351 g/mol. The Morgan fingerprint density at radius 3 is 2.38 bits per heavy atom. The number of thioether (sulfide) groups is 1. The maximum Gasteiger partial charge on any atom is 0.234 e. The van der Waals surface area contributed by atoms with Crippen molar-refractivity contribution >= 4 is 11.8 Å². The average molecular weight is 352 g/mol. The topological polar surface area (TPSA) is 51.0 Å². The Kier molecular flexibility index (Phi) is 6.93. The molecule has 0 aromatic carbocycles. The van der Waals surface area contributed by atoms with Crippen molar-refractivity contribution in [3.8, 4) is 0 Å². The predicted molar refractivity (Wildman–Crippen MR) is 102 cm³/mol. The van der Waals surface area contributed by atoms with Gasteiger partial charge in [0.1, 0.15) is 6.04 Å². The van der Waals surface area contributed by atoms with Crippen molar-refractivity contribution in [2.24, 2.45) is 0 Å². The first-order valence-corrected chi connectivity index (χ1v) is 10.1. The molecule has 136 valence electrons. The Morgan fingerprint density at radius 2 is 1.75 bits per heavy atom. The number of allylic oxidation sites excluding steroid dienone is 1. The second kappa shape index (κ2) is 8.52. The van der Waals surface area contributed by atoms with E-state index in [2.05, 4.69) is 49.8 Å². The Balaban J connectivity index is 1.73. The number of aromatic nitrogens is 2. The van der Waals surface area contributed by atoms with Crippen molar-refractivity contribution in [3.63, 3.8) is 0 Å². The summed E-state index contributed by atoms with van der Waals surface area (Å²) in [5.41, 5.74) is 0. The van der Waals surface area contributed by atoms with Crippen LogP contribution in [0.4, 0.5) is 0 Å². The fraction of sp³-hybridized carbons (Fsp3) is 0.789. The SMILES string of the molecule is C=CCCCCCCCCc1nnc([C@H]2NC(C)(C)SC2(C)C)o1. The second-order valence-electron chi connectivity index (χ2n) is 7.78. The van der Waals surface area contributed by atoms with Gasteiger partial charge in [-0.3, -0.25) is 5.32 Å². The number of hydrogen-bond acceptors (Lipinski definition) is 5. The first kappa shape index (κ1) is 19.5. The first-order valence-electron chi connectivity index (χ1n) is 9.25. The van der Waals surface area contributed by atoms with E-state index in [1.165, 1.54) is 32.1 Å². The highest BCUT2D eigenvalue weighted by atomic mass is 32.2. The van der Waals surface area contributed by atoms with Crippen LogP contribution in [-0.2, 0) is 6.42 Å². The lowest BCUT2D eigenvalue weighted by Gasteiger charge is -2.22. The Bertz CT molecular complexity index is 524. The highest BCUT2D eigenvalue weighted by molar-refractivity contribution is 8.02. The van der Waals surface area contributed by atoms with Crippen LogP contribution in [0.25, 0.3) is 0 Å². The van der Waals surface area contributed by atoms with Crippen LogP contribution in [0.5, 0.6) is 0 Å². The molecule has 1 aliphatic heterocycles. The standard InChI is InChI=1S/C19H33N3OS/c1-6-7-8-9-10-11-12-13-14-15-21-22-17(23-15)16-18(2,3)24-19(4,5)20-16/h6,16,20H,1,7-14H2,2-5H3/t16-/m1/s1. The molecule has 5 heteroatoms. The van der Waals surface area contributed by atoms with Crippen LogP contribution < -0.4 is 5.32 Å². The van der Waals surface area contributed by atoms with Gasteiger partial charge >= 0.3 is 0 Å². The third-order valence-corrected chi connectivity index (χ3v) is 5.87. The Hall–Kier alpha value is -0.810. The van der Waals surface area contributed by atoms with Crippen molar-refractivity contribution in [3.05, 3.63) is 24.4 Å². The van der Waals surface area contributed by atoms with Crippen LogP contribution in [0.2, 0.25) is 0 Å². The lowest BCUT2D eigenvalue weighted by Crippen LogP contribution is -2.34. The second-order valence-corrected chi connectivity index (χ2v) is 10.1. The predicted octanol–water partition coefficient (Wildman–Crippen LogP) is 5.42. The molecule has 1 aliphatic rings. The maximum atomic E-state index is 5.95. The zero-order chi connectivity index (χ0) is 17.6. The van der Waals surface area contributed by atoms with Crippen LogP contribution in [0.15, 0.2) is 17.1 Å². The van der Waals surface area contributed by atoms with Gasteiger partial charge in [0, 0.05) is 11.2 Å². The van der Waals surface area contributed by atoms with Gasteiger partial charge in [0.05, 0.1) is 4.87 Å². The minimum Gasteiger partial charge on any atom is -0.424 e. The minimum atomic E-state index is 0.0361. The summed E-state index contributed by atoms with van der Waals surface area (Å²) in [5.74, 6) is 1.52. The van der Waals surface area contributed by atoms with Crippen molar-refractivity contribution < 1.29 is 4.42 Å². The van der Waals surface area contributed by atoms with Crippen LogP contribution in [-0.4, -0.2) is 19.8 Å². The third kappa shape index (κ3) is 5.62. The number of hydrogen-bond donors (Lipinski definition) is 1. The van der Waals surface area contributed by atoms with E-state index >= 15 is 0 Å². The molecule has 1 saturated heterocycles. The van der Waals surface area contributed by atoms with Crippen LogP contribution in [0.3, 0.4) is 0 Å². The Labute approximate surface area is 151 Å². The van der Waals surface area contributed by atoms with E-state index in [0.717, 1.165) is 31.0 Å². The molecular formula is C19H33N3OS. The van der Waals surface area contributed by atoms with E-state index in [4.69, 9.17) is 4.42 Å². The van der Waals surface area contributed by atoms with Gasteiger partial charge in [0.15, 0.2) is 0 Å². The zero-order valence-corrected chi connectivity index (χ0v) is 16.5. The van der Waals surface area contributed by atoms with Gasteiger partial charge in [-0.15, -0.1) is 28.5 Å². The van der Waals surface area contributed by atoms with Crippen molar-refractivity contribution in [2.75, 3.05) is 0 Å². The molecular weight excluding hydrogens is 318 g/mol. The molecule has 0 radical (unpaired) electrons. The molecule has 1 fully saturated rings. The van der Waals surface area contributed by atoms with E-state index in [1.807, 2.05) is 17.8 Å². The van der Waals surface area contributed by atoms with Crippen LogP contribution in [0, 0.1) is 0 Å². The highest BCUT2D eigenvalue weighted by Gasteiger charge is 2.48. The number of nitrogens with one attached hydrogen (secondary N) is 1. The lowest BCUT2D eigenvalue weighted by molar-refractivity contribution is 0.336. The fourth-order valence-electron chi connectivity index (χ4n) is 3.38. The molecule has 0 spiro atoms. The highest BCUT2D eigenvalue weighted by Crippen LogP contribution is 2.50. The number of unbranched alkanes of at least 4 members (excludes halogenated alkanes) is 6. The summed E-state index contributed by atoms with van der Waals surface area (Å²) in [6.07, 6.45) is 11.6. The van der Waals surface area contributed by atoms with Crippen LogP contribution in [0.1, 0.15) is 90.5 Å². The van der Waals surface area contributed by atoms with Gasteiger partial charge in [-0.1, -0.05) is 31.8 Å². The molecule has 24 heavy (non-hydrogen) atoms. The molecule has 0 aliphatic carbocycles. The van der Waals surface area contributed by atoms with Gasteiger partial charge in [-0.25, -0.2) is 0 Å². The van der Waals surface area contributed by atoms with Crippen molar-refractivity contribution in [1.82, 2.24) is 15.5 Å². The molecule has 0 unspecified atom stereocenters. The van der Waals surface area contributed by atoms with Gasteiger partial charge in [0.2, 0.25) is 11.8 Å². The van der Waals surface area contributed by atoms with Gasteiger partial charge in [-0.2, -0.15) is 0 Å². The molecule has 0 amide bonds. The average Bonchev–Trinajstić information content (AvgIpc) is 3.03. The summed E-state index contributed by atoms with van der Waals surface area (Å²) >= 11 is 1.92. The molecule has 2 rings (SSSR count).